The second-order valence-electron chi connectivity index (χ2n) is 5.29. The number of nitrogens with zero attached hydrogens (tertiary/aromatic N) is 6. The second kappa shape index (κ2) is 6.33. The van der Waals surface area contributed by atoms with Gasteiger partial charge < -0.3 is 9.88 Å². The van der Waals surface area contributed by atoms with Crippen molar-refractivity contribution in [2.45, 2.75) is 6.54 Å². The first-order valence-corrected chi connectivity index (χ1v) is 7.53. The van der Waals surface area contributed by atoms with E-state index >= 15 is 0 Å². The minimum Gasteiger partial charge on any atom is -0.381 e. The molecule has 0 saturated carbocycles. The number of aromatic nitrogens is 6. The summed E-state index contributed by atoms with van der Waals surface area (Å²) in [5, 5.41) is 14.5. The normalized spacial score (nSPS) is 10.7. The molecule has 2 aromatic carbocycles. The summed E-state index contributed by atoms with van der Waals surface area (Å²) in [7, 11) is 0. The number of benzene rings is 2. The lowest BCUT2D eigenvalue weighted by Crippen LogP contribution is -2.01. The van der Waals surface area contributed by atoms with Gasteiger partial charge in [0.05, 0.1) is 12.0 Å². The summed E-state index contributed by atoms with van der Waals surface area (Å²) in [6.45, 7) is 0.758. The molecular formula is C17H15N7. The van der Waals surface area contributed by atoms with Crippen molar-refractivity contribution in [3.05, 3.63) is 79.1 Å². The molecule has 118 valence electrons. The van der Waals surface area contributed by atoms with Crippen molar-refractivity contribution in [2.24, 2.45) is 0 Å². The Bertz CT molecular complexity index is 802. The van der Waals surface area contributed by atoms with Crippen LogP contribution in [-0.4, -0.2) is 29.8 Å². The van der Waals surface area contributed by atoms with Crippen molar-refractivity contribution < 1.29 is 0 Å². The highest BCUT2D eigenvalue weighted by molar-refractivity contribution is 5.49. The minimum absolute atomic E-state index is 0.758. The molecule has 0 aliphatic carbocycles. The maximum atomic E-state index is 4.06. The summed E-state index contributed by atoms with van der Waals surface area (Å²) in [6, 6.07) is 16.4. The highest BCUT2D eigenvalue weighted by Crippen LogP contribution is 2.14. The van der Waals surface area contributed by atoms with Gasteiger partial charge in [-0.2, -0.15) is 0 Å². The van der Waals surface area contributed by atoms with Crippen molar-refractivity contribution in [3.63, 3.8) is 0 Å². The number of hydrogen-bond acceptors (Lipinski definition) is 5. The summed E-state index contributed by atoms with van der Waals surface area (Å²) < 4.78 is 3.60. The molecule has 1 N–H and O–H groups in total. The van der Waals surface area contributed by atoms with Crippen molar-refractivity contribution >= 4 is 5.69 Å². The third kappa shape index (κ3) is 3.00. The quantitative estimate of drug-likeness (QED) is 0.612. The summed E-state index contributed by atoms with van der Waals surface area (Å²) in [5.41, 5.74) is 4.28. The van der Waals surface area contributed by atoms with Crippen LogP contribution in [0.4, 0.5) is 5.69 Å². The van der Waals surface area contributed by atoms with Crippen LogP contribution in [-0.2, 0) is 6.54 Å². The highest BCUT2D eigenvalue weighted by Gasteiger charge is 2.00. The van der Waals surface area contributed by atoms with E-state index in [1.54, 1.807) is 23.5 Å². The van der Waals surface area contributed by atoms with E-state index in [9.17, 15) is 0 Å². The van der Waals surface area contributed by atoms with Gasteiger partial charge in [-0.3, -0.25) is 0 Å². The molecule has 0 spiro atoms. The first-order chi connectivity index (χ1) is 11.9. The average molecular weight is 317 g/mol. The molecule has 24 heavy (non-hydrogen) atoms. The Kier molecular flexibility index (Phi) is 3.73. The van der Waals surface area contributed by atoms with E-state index in [0.29, 0.717) is 0 Å². The molecule has 0 radical (unpaired) electrons. The zero-order valence-electron chi connectivity index (χ0n) is 12.8. The van der Waals surface area contributed by atoms with Crippen LogP contribution < -0.4 is 5.32 Å². The van der Waals surface area contributed by atoms with Crippen LogP contribution >= 0.6 is 0 Å². The van der Waals surface area contributed by atoms with E-state index in [1.165, 1.54) is 5.56 Å². The molecule has 0 aliphatic heterocycles. The molecule has 2 heterocycles. The van der Waals surface area contributed by atoms with E-state index in [-0.39, 0.29) is 0 Å². The Balaban J connectivity index is 1.40. The number of imidazole rings is 1. The Labute approximate surface area is 138 Å². The molecular weight excluding hydrogens is 302 g/mol. The predicted octanol–water partition coefficient (Wildman–Crippen LogP) is 2.46. The predicted molar refractivity (Wildman–Crippen MR) is 90.0 cm³/mol. The van der Waals surface area contributed by atoms with Crippen LogP contribution in [0.5, 0.6) is 0 Å². The van der Waals surface area contributed by atoms with Crippen LogP contribution in [0, 0.1) is 0 Å². The fraction of sp³-hybridized carbons (Fsp3) is 0.0588. The third-order valence-corrected chi connectivity index (χ3v) is 3.72. The summed E-state index contributed by atoms with van der Waals surface area (Å²) >= 11 is 0. The molecule has 0 unspecified atom stereocenters. The lowest BCUT2D eigenvalue weighted by molar-refractivity contribution is 0.789. The van der Waals surface area contributed by atoms with Gasteiger partial charge in [-0.25, -0.2) is 9.67 Å². The van der Waals surface area contributed by atoms with Crippen molar-refractivity contribution in [1.29, 1.82) is 0 Å². The van der Waals surface area contributed by atoms with Crippen LogP contribution in [0.1, 0.15) is 5.56 Å². The zero-order valence-corrected chi connectivity index (χ0v) is 12.8. The zero-order chi connectivity index (χ0) is 16.2. The standard InChI is InChI=1S/C17H15N7/c1-5-16(23-10-9-18-12-23)6-2-14(1)11-19-15-3-7-17(8-4-15)24-13-20-21-22-24/h1-10,12-13,19H,11H2. The van der Waals surface area contributed by atoms with Crippen molar-refractivity contribution in [2.75, 3.05) is 5.32 Å². The molecule has 0 atom stereocenters. The monoisotopic (exact) mass is 317 g/mol. The molecule has 0 bridgehead atoms. The van der Waals surface area contributed by atoms with Crippen LogP contribution in [0.15, 0.2) is 73.6 Å². The molecule has 0 saturated heterocycles. The number of rotatable bonds is 5. The maximum absolute atomic E-state index is 4.06. The molecule has 2 aromatic heterocycles. The number of tetrazole rings is 1. The van der Waals surface area contributed by atoms with Gasteiger partial charge in [0.1, 0.15) is 6.33 Å². The summed E-state index contributed by atoms with van der Waals surface area (Å²) in [4.78, 5) is 4.06. The van der Waals surface area contributed by atoms with Gasteiger partial charge >= 0.3 is 0 Å². The summed E-state index contributed by atoms with van der Waals surface area (Å²) in [5.74, 6) is 0. The molecule has 7 nitrogen and oxygen atoms in total. The van der Waals surface area contributed by atoms with E-state index in [0.717, 1.165) is 23.6 Å². The molecule has 0 fully saturated rings. The summed E-state index contributed by atoms with van der Waals surface area (Å²) in [6.07, 6.45) is 7.07. The Morgan fingerprint density at radius 1 is 0.875 bits per heavy atom. The highest BCUT2D eigenvalue weighted by atomic mass is 15.5. The van der Waals surface area contributed by atoms with Gasteiger partial charge in [-0.05, 0) is 52.4 Å². The van der Waals surface area contributed by atoms with E-state index in [2.05, 4.69) is 50.1 Å². The van der Waals surface area contributed by atoms with Gasteiger partial charge in [-0.1, -0.05) is 12.1 Å². The molecule has 0 amide bonds. The van der Waals surface area contributed by atoms with Crippen molar-refractivity contribution in [3.8, 4) is 11.4 Å². The lowest BCUT2D eigenvalue weighted by atomic mass is 10.2. The maximum Gasteiger partial charge on any atom is 0.143 e. The topological polar surface area (TPSA) is 73.5 Å². The Morgan fingerprint density at radius 3 is 2.33 bits per heavy atom. The number of nitrogens with one attached hydrogen (secondary N) is 1. The third-order valence-electron chi connectivity index (χ3n) is 3.72. The fourth-order valence-electron chi connectivity index (χ4n) is 2.41. The van der Waals surface area contributed by atoms with E-state index in [4.69, 9.17) is 0 Å². The van der Waals surface area contributed by atoms with Gasteiger partial charge in [0.2, 0.25) is 0 Å². The molecule has 4 aromatic rings. The van der Waals surface area contributed by atoms with Gasteiger partial charge in [0.15, 0.2) is 0 Å². The smallest absolute Gasteiger partial charge is 0.143 e. The van der Waals surface area contributed by atoms with Gasteiger partial charge in [0.25, 0.3) is 0 Å². The van der Waals surface area contributed by atoms with Crippen LogP contribution in [0.3, 0.4) is 0 Å². The first-order valence-electron chi connectivity index (χ1n) is 7.53. The SMILES string of the molecule is c1cn(-c2ccc(CNc3ccc(-n4cnnn4)cc3)cc2)cn1. The van der Waals surface area contributed by atoms with E-state index in [1.807, 2.05) is 35.0 Å². The molecule has 4 rings (SSSR count). The van der Waals surface area contributed by atoms with Crippen molar-refractivity contribution in [1.82, 2.24) is 29.8 Å². The Hall–Kier alpha value is -3.48. The fourth-order valence-corrected chi connectivity index (χ4v) is 2.41. The number of hydrogen-bond donors (Lipinski definition) is 1. The molecule has 0 aliphatic rings. The average Bonchev–Trinajstić information content (AvgIpc) is 3.34. The molecule has 7 heteroatoms. The van der Waals surface area contributed by atoms with Crippen LogP contribution in [0.25, 0.3) is 11.4 Å². The minimum atomic E-state index is 0.758. The first kappa shape index (κ1) is 14.1. The largest absolute Gasteiger partial charge is 0.381 e. The number of anilines is 1. The second-order valence-corrected chi connectivity index (χ2v) is 5.29. The lowest BCUT2D eigenvalue weighted by Gasteiger charge is -2.08. The van der Waals surface area contributed by atoms with Gasteiger partial charge in [0, 0.05) is 30.3 Å². The van der Waals surface area contributed by atoms with Gasteiger partial charge in [-0.15, -0.1) is 5.10 Å². The van der Waals surface area contributed by atoms with E-state index < -0.39 is 0 Å². The van der Waals surface area contributed by atoms with Crippen LogP contribution in [0.2, 0.25) is 0 Å². The Morgan fingerprint density at radius 2 is 1.67 bits per heavy atom.